The minimum Gasteiger partial charge on any atom is -0.481 e. The number of aromatic nitrogens is 3. The second-order valence-electron chi connectivity index (χ2n) is 11.1. The molecule has 3 aromatic rings. The molecule has 0 aliphatic heterocycles. The van der Waals surface area contributed by atoms with E-state index in [9.17, 15) is 8.42 Å². The van der Waals surface area contributed by atoms with Gasteiger partial charge in [0, 0.05) is 35.3 Å². The number of anilines is 1. The highest BCUT2D eigenvalue weighted by molar-refractivity contribution is 7.85. The summed E-state index contributed by atoms with van der Waals surface area (Å²) in [5.41, 5.74) is 4.77. The Kier molecular flexibility index (Phi) is 14.2. The largest absolute Gasteiger partial charge is 0.481 e. The number of nitrogens with one attached hydrogen (secondary N) is 1. The Morgan fingerprint density at radius 2 is 1.63 bits per heavy atom. The van der Waals surface area contributed by atoms with Crippen LogP contribution in [0.2, 0.25) is 5.02 Å². The number of hydrogen-bond donors (Lipinski definition) is 2. The summed E-state index contributed by atoms with van der Waals surface area (Å²) in [4.78, 5) is 9.36. The van der Waals surface area contributed by atoms with E-state index in [1.165, 1.54) is 64.7 Å². The van der Waals surface area contributed by atoms with Crippen LogP contribution in [0.4, 0.5) is 5.69 Å². The summed E-state index contributed by atoms with van der Waals surface area (Å²) in [7, 11) is -2.02. The van der Waals surface area contributed by atoms with Gasteiger partial charge in [-0.15, -0.1) is 0 Å². The van der Waals surface area contributed by atoms with Gasteiger partial charge in [0.2, 0.25) is 11.7 Å². The Labute approximate surface area is 261 Å². The number of methoxy groups -OCH3 is 1. The van der Waals surface area contributed by atoms with Gasteiger partial charge in [-0.25, -0.2) is 4.98 Å². The summed E-state index contributed by atoms with van der Waals surface area (Å²) in [5, 5.41) is 8.46. The zero-order valence-electron chi connectivity index (χ0n) is 26.0. The van der Waals surface area contributed by atoms with Gasteiger partial charge in [-0.1, -0.05) is 81.5 Å². The van der Waals surface area contributed by atoms with E-state index in [1.807, 2.05) is 12.1 Å². The zero-order valence-corrected chi connectivity index (χ0v) is 27.6. The molecule has 1 saturated carbocycles. The smallest absolute Gasteiger partial charge is 0.264 e. The zero-order chi connectivity index (χ0) is 31.2. The number of benzene rings is 1. The highest BCUT2D eigenvalue weighted by atomic mass is 35.5. The molecule has 0 radical (unpaired) electrons. The number of halogens is 1. The van der Waals surface area contributed by atoms with Crippen molar-refractivity contribution in [2.24, 2.45) is 0 Å². The molecule has 9 nitrogen and oxygen atoms in total. The Morgan fingerprint density at radius 3 is 2.23 bits per heavy atom. The molecule has 0 spiro atoms. The van der Waals surface area contributed by atoms with E-state index in [0.717, 1.165) is 53.9 Å². The van der Waals surface area contributed by atoms with Crippen LogP contribution >= 0.6 is 11.6 Å². The third-order valence-electron chi connectivity index (χ3n) is 7.72. The molecular weight excluding hydrogens is 588 g/mol. The number of ether oxygens (including phenoxy) is 1. The second-order valence-corrected chi connectivity index (χ2v) is 13.3. The van der Waals surface area contributed by atoms with Crippen molar-refractivity contribution in [3.8, 4) is 28.7 Å². The van der Waals surface area contributed by atoms with Crippen LogP contribution in [-0.2, 0) is 10.1 Å². The average Bonchev–Trinajstić information content (AvgIpc) is 3.70. The summed E-state index contributed by atoms with van der Waals surface area (Å²) >= 11 is 6.68. The topological polar surface area (TPSA) is 127 Å². The lowest BCUT2D eigenvalue weighted by Gasteiger charge is -2.13. The third kappa shape index (κ3) is 11.4. The van der Waals surface area contributed by atoms with Gasteiger partial charge in [0.25, 0.3) is 16.0 Å². The fraction of sp³-hybridized carbons (Fsp3) is 0.594. The Balaban J connectivity index is 0.000000765. The van der Waals surface area contributed by atoms with Crippen LogP contribution < -0.4 is 10.1 Å². The van der Waals surface area contributed by atoms with Crippen molar-refractivity contribution in [2.75, 3.05) is 24.7 Å². The lowest BCUT2D eigenvalue weighted by Crippen LogP contribution is -2.04. The van der Waals surface area contributed by atoms with Crippen molar-refractivity contribution in [3.63, 3.8) is 0 Å². The number of unbranched alkanes of at least 4 members (excludes halogenated alkanes) is 7. The molecule has 0 saturated heterocycles. The van der Waals surface area contributed by atoms with Gasteiger partial charge in [0.05, 0.1) is 23.6 Å². The number of nitrogens with zero attached hydrogens (tertiary/aromatic N) is 3. The van der Waals surface area contributed by atoms with Crippen molar-refractivity contribution in [2.45, 2.75) is 104 Å². The monoisotopic (exact) mass is 634 g/mol. The van der Waals surface area contributed by atoms with Crippen LogP contribution in [0, 0.1) is 6.92 Å². The maximum Gasteiger partial charge on any atom is 0.264 e. The highest BCUT2D eigenvalue weighted by Crippen LogP contribution is 2.37. The van der Waals surface area contributed by atoms with Gasteiger partial charge in [-0.2, -0.15) is 13.4 Å². The molecule has 1 fully saturated rings. The summed E-state index contributed by atoms with van der Waals surface area (Å²) in [6.45, 7) is 6.62. The van der Waals surface area contributed by atoms with Crippen LogP contribution in [0.5, 0.6) is 5.88 Å². The molecule has 4 rings (SSSR count). The predicted molar refractivity (Wildman–Crippen MR) is 174 cm³/mol. The Morgan fingerprint density at radius 1 is 0.977 bits per heavy atom. The van der Waals surface area contributed by atoms with Gasteiger partial charge >= 0.3 is 0 Å². The Bertz CT molecular complexity index is 1370. The standard InChI is InChI=1S/C30H41ClN4O2.C2H6O3S/c1-4-5-6-7-8-9-10-13-16-32-28-21(2)17-23(18-25(28)31)29-34-30(37-35-29)24-19-26(22-14-11-12-15-22)33-27(20-24)36-3;1-2-6(3,4)5/h17-20,22,32H,4-16H2,1-3H3;2H2,1H3,(H,3,4,5). The Hall–Kier alpha value is -2.69. The van der Waals surface area contributed by atoms with Crippen LogP contribution in [0.1, 0.15) is 108 Å². The molecule has 0 atom stereocenters. The van der Waals surface area contributed by atoms with E-state index < -0.39 is 10.1 Å². The molecule has 2 aromatic heterocycles. The average molecular weight is 635 g/mol. The maximum atomic E-state index is 9.56. The number of hydrogen-bond acceptors (Lipinski definition) is 8. The molecule has 2 N–H and O–H groups in total. The van der Waals surface area contributed by atoms with E-state index in [0.29, 0.717) is 28.5 Å². The van der Waals surface area contributed by atoms with Gasteiger partial charge in [-0.3, -0.25) is 4.55 Å². The first-order valence-electron chi connectivity index (χ1n) is 15.5. The fourth-order valence-corrected chi connectivity index (χ4v) is 5.55. The van der Waals surface area contributed by atoms with Gasteiger partial charge in [-0.05, 0) is 56.9 Å². The fourth-order valence-electron chi connectivity index (χ4n) is 5.21. The molecule has 2 heterocycles. The number of pyridine rings is 1. The van der Waals surface area contributed by atoms with E-state index in [4.69, 9.17) is 25.4 Å². The number of aryl methyl sites for hydroxylation is 1. The van der Waals surface area contributed by atoms with Crippen LogP contribution in [0.25, 0.3) is 22.8 Å². The van der Waals surface area contributed by atoms with Crippen LogP contribution in [0.15, 0.2) is 28.8 Å². The first kappa shape index (κ1) is 34.8. The molecule has 11 heteroatoms. The minimum atomic E-state index is -3.66. The highest BCUT2D eigenvalue weighted by Gasteiger charge is 2.22. The summed E-state index contributed by atoms with van der Waals surface area (Å²) in [6.07, 6.45) is 15.3. The van der Waals surface area contributed by atoms with E-state index in [2.05, 4.69) is 46.4 Å². The van der Waals surface area contributed by atoms with E-state index in [-0.39, 0.29) is 5.75 Å². The van der Waals surface area contributed by atoms with Crippen molar-refractivity contribution >= 4 is 27.4 Å². The molecule has 1 aromatic carbocycles. The predicted octanol–water partition coefficient (Wildman–Crippen LogP) is 8.87. The van der Waals surface area contributed by atoms with Gasteiger partial charge in [0.15, 0.2) is 0 Å². The van der Waals surface area contributed by atoms with E-state index >= 15 is 0 Å². The summed E-state index contributed by atoms with van der Waals surface area (Å²) in [5.74, 6) is 1.81. The second kappa shape index (κ2) is 17.6. The molecule has 0 unspecified atom stereocenters. The van der Waals surface area contributed by atoms with E-state index in [1.54, 1.807) is 7.11 Å². The van der Waals surface area contributed by atoms with Crippen molar-refractivity contribution in [1.82, 2.24) is 15.1 Å². The molecule has 43 heavy (non-hydrogen) atoms. The number of rotatable bonds is 15. The molecule has 0 amide bonds. The van der Waals surface area contributed by atoms with Crippen LogP contribution in [0.3, 0.4) is 0 Å². The SMILES string of the molecule is CCCCCCCCCCNc1c(C)cc(-c2noc(-c3cc(OC)nc(C4CCCC4)c3)n2)cc1Cl.CCS(=O)(=O)O. The molecule has 1 aliphatic carbocycles. The van der Waals surface area contributed by atoms with Crippen molar-refractivity contribution in [1.29, 1.82) is 0 Å². The van der Waals surface area contributed by atoms with Gasteiger partial charge in [0.1, 0.15) is 0 Å². The summed E-state index contributed by atoms with van der Waals surface area (Å²) < 4.78 is 38.0. The first-order chi connectivity index (χ1) is 20.6. The van der Waals surface area contributed by atoms with Gasteiger partial charge < -0.3 is 14.6 Å². The first-order valence-corrected chi connectivity index (χ1v) is 17.5. The van der Waals surface area contributed by atoms with Crippen LogP contribution in [-0.4, -0.2) is 47.5 Å². The molecular formula is C32H47ClN4O5S. The maximum absolute atomic E-state index is 9.56. The van der Waals surface area contributed by atoms with Crippen molar-refractivity contribution < 1.29 is 22.2 Å². The third-order valence-corrected chi connectivity index (χ3v) is 8.75. The quantitative estimate of drug-likeness (QED) is 0.124. The minimum absolute atomic E-state index is 0.201. The molecule has 1 aliphatic rings. The lowest BCUT2D eigenvalue weighted by atomic mass is 10.0. The van der Waals surface area contributed by atoms with Crippen molar-refractivity contribution in [3.05, 3.63) is 40.5 Å². The normalized spacial score (nSPS) is 13.5. The lowest BCUT2D eigenvalue weighted by molar-refractivity contribution is 0.394. The summed E-state index contributed by atoms with van der Waals surface area (Å²) in [6, 6.07) is 7.89. The molecule has 0 bridgehead atoms. The molecule has 238 valence electrons.